The average Bonchev–Trinajstić information content (AvgIpc) is 2.99. The molecular weight excluding hydrogens is 274 g/mol. The van der Waals surface area contributed by atoms with Gasteiger partial charge in [-0.25, -0.2) is 4.79 Å². The highest BCUT2D eigenvalue weighted by Crippen LogP contribution is 2.22. The third kappa shape index (κ3) is 5.00. The molecule has 1 aliphatic rings. The quantitative estimate of drug-likeness (QED) is 0.787. The number of rotatable bonds is 7. The van der Waals surface area contributed by atoms with Crippen LogP contribution >= 0.6 is 0 Å². The van der Waals surface area contributed by atoms with Crippen LogP contribution in [0.5, 0.6) is 0 Å². The van der Waals surface area contributed by atoms with Crippen molar-refractivity contribution in [2.24, 2.45) is 0 Å². The number of aliphatic hydroxyl groups is 1. The summed E-state index contributed by atoms with van der Waals surface area (Å²) in [7, 11) is 0. The highest BCUT2D eigenvalue weighted by molar-refractivity contribution is 5.67. The van der Waals surface area contributed by atoms with E-state index in [1.165, 1.54) is 0 Å². The Labute approximate surface area is 124 Å². The molecule has 1 unspecified atom stereocenters. The van der Waals surface area contributed by atoms with Crippen molar-refractivity contribution >= 4 is 6.09 Å². The molecule has 0 radical (unpaired) electrons. The Bertz CT molecular complexity index is 431. The van der Waals surface area contributed by atoms with Crippen LogP contribution in [-0.4, -0.2) is 49.8 Å². The van der Waals surface area contributed by atoms with Gasteiger partial charge in [0, 0.05) is 13.0 Å². The minimum atomic E-state index is -0.561. The molecule has 1 heterocycles. The van der Waals surface area contributed by atoms with Gasteiger partial charge in [-0.1, -0.05) is 30.3 Å². The molecule has 0 spiro atoms. The van der Waals surface area contributed by atoms with Crippen molar-refractivity contribution in [1.82, 2.24) is 5.32 Å². The zero-order valence-electron chi connectivity index (χ0n) is 11.9. The fourth-order valence-electron chi connectivity index (χ4n) is 2.16. The number of carbonyl (C=O) groups is 1. The van der Waals surface area contributed by atoms with Crippen LogP contribution < -0.4 is 5.32 Å². The van der Waals surface area contributed by atoms with Crippen LogP contribution in [0.1, 0.15) is 12.0 Å². The lowest BCUT2D eigenvalue weighted by atomic mass is 10.0. The van der Waals surface area contributed by atoms with Crippen molar-refractivity contribution in [2.75, 3.05) is 33.0 Å². The van der Waals surface area contributed by atoms with Gasteiger partial charge >= 0.3 is 6.09 Å². The summed E-state index contributed by atoms with van der Waals surface area (Å²) >= 11 is 0. The lowest BCUT2D eigenvalue weighted by molar-refractivity contribution is -0.0589. The molecule has 116 valence electrons. The molecule has 6 heteroatoms. The van der Waals surface area contributed by atoms with Crippen LogP contribution in [0.2, 0.25) is 0 Å². The topological polar surface area (TPSA) is 77.0 Å². The van der Waals surface area contributed by atoms with E-state index in [0.717, 1.165) is 5.56 Å². The summed E-state index contributed by atoms with van der Waals surface area (Å²) in [6.45, 7) is 1.71. The van der Waals surface area contributed by atoms with Crippen LogP contribution in [0.3, 0.4) is 0 Å². The molecule has 1 fully saturated rings. The molecule has 1 aromatic carbocycles. The first-order valence-electron chi connectivity index (χ1n) is 7.01. The number of benzene rings is 1. The first kappa shape index (κ1) is 15.8. The first-order chi connectivity index (χ1) is 10.2. The third-order valence-corrected chi connectivity index (χ3v) is 3.33. The van der Waals surface area contributed by atoms with Crippen molar-refractivity contribution < 1.29 is 24.1 Å². The first-order valence-corrected chi connectivity index (χ1v) is 7.01. The van der Waals surface area contributed by atoms with Gasteiger partial charge in [-0.2, -0.15) is 0 Å². The van der Waals surface area contributed by atoms with E-state index in [1.54, 1.807) is 0 Å². The number of carbonyl (C=O) groups excluding carboxylic acids is 1. The highest BCUT2D eigenvalue weighted by Gasteiger charge is 2.36. The van der Waals surface area contributed by atoms with E-state index < -0.39 is 11.7 Å². The summed E-state index contributed by atoms with van der Waals surface area (Å²) in [4.78, 5) is 11.7. The van der Waals surface area contributed by atoms with Crippen molar-refractivity contribution in [2.45, 2.75) is 18.6 Å². The zero-order chi connectivity index (χ0) is 15.0. The number of aliphatic hydroxyl groups excluding tert-OH is 1. The summed E-state index contributed by atoms with van der Waals surface area (Å²) in [5.41, 5.74) is 0.372. The summed E-state index contributed by atoms with van der Waals surface area (Å²) < 4.78 is 16.1. The van der Waals surface area contributed by atoms with Crippen molar-refractivity contribution in [3.8, 4) is 0 Å². The van der Waals surface area contributed by atoms with Crippen molar-refractivity contribution in [1.29, 1.82) is 0 Å². The molecule has 1 saturated heterocycles. The second-order valence-corrected chi connectivity index (χ2v) is 4.97. The van der Waals surface area contributed by atoms with Gasteiger partial charge in [0.2, 0.25) is 0 Å². The number of hydrogen-bond acceptors (Lipinski definition) is 5. The predicted octanol–water partition coefficient (Wildman–Crippen LogP) is 1.08. The van der Waals surface area contributed by atoms with Crippen molar-refractivity contribution in [3.05, 3.63) is 35.9 Å². The third-order valence-electron chi connectivity index (χ3n) is 3.33. The molecule has 2 N–H and O–H groups in total. The van der Waals surface area contributed by atoms with E-state index in [4.69, 9.17) is 19.3 Å². The maximum Gasteiger partial charge on any atom is 0.407 e. The predicted molar refractivity (Wildman–Crippen MR) is 75.8 cm³/mol. The molecule has 1 aliphatic heterocycles. The van der Waals surface area contributed by atoms with Gasteiger partial charge in [-0.3, -0.25) is 0 Å². The largest absolute Gasteiger partial charge is 0.445 e. The highest BCUT2D eigenvalue weighted by atomic mass is 16.6. The van der Waals surface area contributed by atoms with Crippen LogP contribution in [0.15, 0.2) is 30.3 Å². The van der Waals surface area contributed by atoms with Gasteiger partial charge in [0.1, 0.15) is 12.2 Å². The van der Waals surface area contributed by atoms with E-state index in [2.05, 4.69) is 5.32 Å². The molecule has 2 rings (SSSR count). The minimum absolute atomic E-state index is 0.0554. The van der Waals surface area contributed by atoms with Crippen LogP contribution in [-0.2, 0) is 20.8 Å². The van der Waals surface area contributed by atoms with Gasteiger partial charge in [0.05, 0.1) is 26.4 Å². The van der Waals surface area contributed by atoms with E-state index in [0.29, 0.717) is 26.2 Å². The fourth-order valence-corrected chi connectivity index (χ4v) is 2.16. The number of alkyl carbamates (subject to hydrolysis) is 1. The maximum absolute atomic E-state index is 11.7. The molecule has 0 aliphatic carbocycles. The SMILES string of the molecule is O=C(NCC1(OCCO)CCOC1)OCc1ccccc1. The Morgan fingerprint density at radius 3 is 2.86 bits per heavy atom. The molecule has 1 amide bonds. The lowest BCUT2D eigenvalue weighted by Gasteiger charge is -2.27. The number of nitrogens with one attached hydrogen (secondary N) is 1. The van der Waals surface area contributed by atoms with Crippen LogP contribution in [0, 0.1) is 0 Å². The number of hydrogen-bond donors (Lipinski definition) is 2. The van der Waals surface area contributed by atoms with Crippen molar-refractivity contribution in [3.63, 3.8) is 0 Å². The van der Waals surface area contributed by atoms with Crippen LogP contribution in [0.25, 0.3) is 0 Å². The summed E-state index contributed by atoms with van der Waals surface area (Å²) in [5.74, 6) is 0. The average molecular weight is 295 g/mol. The van der Waals surface area contributed by atoms with E-state index >= 15 is 0 Å². The zero-order valence-corrected chi connectivity index (χ0v) is 11.9. The molecule has 6 nitrogen and oxygen atoms in total. The van der Waals surface area contributed by atoms with Gasteiger partial charge in [-0.05, 0) is 5.56 Å². The van der Waals surface area contributed by atoms with Gasteiger partial charge in [0.15, 0.2) is 0 Å². The van der Waals surface area contributed by atoms with E-state index in [-0.39, 0.29) is 19.8 Å². The second kappa shape index (κ2) is 7.97. The Kier molecular flexibility index (Phi) is 5.98. The fraction of sp³-hybridized carbons (Fsp3) is 0.533. The molecule has 1 aromatic rings. The molecule has 1 atom stereocenters. The Morgan fingerprint density at radius 2 is 2.19 bits per heavy atom. The van der Waals surface area contributed by atoms with Gasteiger partial charge in [0.25, 0.3) is 0 Å². The molecule has 0 aromatic heterocycles. The summed E-state index contributed by atoms with van der Waals surface area (Å²) in [6, 6.07) is 9.48. The molecule has 0 saturated carbocycles. The molecule has 21 heavy (non-hydrogen) atoms. The van der Waals surface area contributed by atoms with E-state index in [9.17, 15) is 4.79 Å². The molecular formula is C15H21NO5. The monoisotopic (exact) mass is 295 g/mol. The number of ether oxygens (including phenoxy) is 3. The standard InChI is InChI=1S/C15H21NO5/c17-7-9-21-15(6-8-19-12-15)11-16-14(18)20-10-13-4-2-1-3-5-13/h1-5,17H,6-12H2,(H,16,18). The second-order valence-electron chi connectivity index (χ2n) is 4.97. The van der Waals surface area contributed by atoms with Crippen LogP contribution in [0.4, 0.5) is 4.79 Å². The number of amides is 1. The Morgan fingerprint density at radius 1 is 1.38 bits per heavy atom. The molecule has 0 bridgehead atoms. The Hall–Kier alpha value is -1.63. The van der Waals surface area contributed by atoms with Gasteiger partial charge < -0.3 is 24.6 Å². The maximum atomic E-state index is 11.7. The lowest BCUT2D eigenvalue weighted by Crippen LogP contribution is -2.46. The Balaban J connectivity index is 1.74. The van der Waals surface area contributed by atoms with Gasteiger partial charge in [-0.15, -0.1) is 0 Å². The normalized spacial score (nSPS) is 21.2. The summed E-state index contributed by atoms with van der Waals surface area (Å²) in [6.07, 6.45) is 0.198. The summed E-state index contributed by atoms with van der Waals surface area (Å²) in [5, 5.41) is 11.5. The smallest absolute Gasteiger partial charge is 0.407 e. The van der Waals surface area contributed by atoms with E-state index in [1.807, 2.05) is 30.3 Å². The minimum Gasteiger partial charge on any atom is -0.445 e.